The SMILES string of the molecule is Cc1c(C(=O)NCc2ccccc2)cc(-c2ccc(Cl)cc2)n1-c1cccc(F)c1. The van der Waals surface area contributed by atoms with Crippen molar-refractivity contribution >= 4 is 17.5 Å². The standard InChI is InChI=1S/C25H20ClFN2O/c1-17-23(25(30)28-16-18-6-3-2-4-7-18)15-24(19-10-12-20(26)13-11-19)29(17)22-9-5-8-21(27)14-22/h2-15H,16H2,1H3,(H,28,30). The Kier molecular flexibility index (Phi) is 5.68. The van der Waals surface area contributed by atoms with Crippen molar-refractivity contribution in [3.63, 3.8) is 0 Å². The van der Waals surface area contributed by atoms with E-state index in [2.05, 4.69) is 5.32 Å². The minimum atomic E-state index is -0.335. The number of amides is 1. The smallest absolute Gasteiger partial charge is 0.253 e. The van der Waals surface area contributed by atoms with Crippen molar-refractivity contribution in [3.05, 3.63) is 113 Å². The van der Waals surface area contributed by atoms with Crippen molar-refractivity contribution in [3.8, 4) is 16.9 Å². The van der Waals surface area contributed by atoms with Crippen LogP contribution in [0.4, 0.5) is 4.39 Å². The van der Waals surface area contributed by atoms with Crippen LogP contribution < -0.4 is 5.32 Å². The van der Waals surface area contributed by atoms with E-state index in [4.69, 9.17) is 11.6 Å². The van der Waals surface area contributed by atoms with E-state index in [0.29, 0.717) is 22.8 Å². The molecule has 4 aromatic rings. The van der Waals surface area contributed by atoms with Crippen molar-refractivity contribution < 1.29 is 9.18 Å². The molecule has 0 bridgehead atoms. The zero-order valence-corrected chi connectivity index (χ0v) is 17.2. The van der Waals surface area contributed by atoms with Crippen molar-refractivity contribution in [2.24, 2.45) is 0 Å². The lowest BCUT2D eigenvalue weighted by molar-refractivity contribution is 0.0950. The first kappa shape index (κ1) is 19.9. The number of benzene rings is 3. The lowest BCUT2D eigenvalue weighted by Gasteiger charge is -2.13. The van der Waals surface area contributed by atoms with Crippen LogP contribution in [0.2, 0.25) is 5.02 Å². The van der Waals surface area contributed by atoms with Crippen LogP contribution >= 0.6 is 11.6 Å². The Hall–Kier alpha value is -3.37. The average molecular weight is 419 g/mol. The van der Waals surface area contributed by atoms with E-state index < -0.39 is 0 Å². The summed E-state index contributed by atoms with van der Waals surface area (Å²) < 4.78 is 15.8. The molecule has 0 spiro atoms. The lowest BCUT2D eigenvalue weighted by atomic mass is 10.1. The maximum absolute atomic E-state index is 13.9. The second-order valence-electron chi connectivity index (χ2n) is 7.02. The van der Waals surface area contributed by atoms with Gasteiger partial charge in [0.25, 0.3) is 5.91 Å². The molecule has 0 unspecified atom stereocenters. The summed E-state index contributed by atoms with van der Waals surface area (Å²) in [7, 11) is 0. The molecule has 4 rings (SSSR count). The number of hydrogen-bond donors (Lipinski definition) is 1. The Balaban J connectivity index is 1.75. The number of aromatic nitrogens is 1. The fourth-order valence-corrected chi connectivity index (χ4v) is 3.62. The topological polar surface area (TPSA) is 34.0 Å². The van der Waals surface area contributed by atoms with Gasteiger partial charge in [-0.2, -0.15) is 0 Å². The van der Waals surface area contributed by atoms with Gasteiger partial charge in [0.15, 0.2) is 0 Å². The van der Waals surface area contributed by atoms with Crippen LogP contribution in [0.3, 0.4) is 0 Å². The van der Waals surface area contributed by atoms with Crippen molar-refractivity contribution in [2.45, 2.75) is 13.5 Å². The summed E-state index contributed by atoms with van der Waals surface area (Å²) in [6.45, 7) is 2.29. The van der Waals surface area contributed by atoms with Gasteiger partial charge in [0.1, 0.15) is 5.82 Å². The predicted octanol–water partition coefficient (Wildman–Crippen LogP) is 6.18. The second kappa shape index (κ2) is 8.56. The fourth-order valence-electron chi connectivity index (χ4n) is 3.49. The molecule has 1 amide bonds. The Morgan fingerprint density at radius 1 is 0.967 bits per heavy atom. The van der Waals surface area contributed by atoms with Gasteiger partial charge in [-0.05, 0) is 54.4 Å². The van der Waals surface area contributed by atoms with Crippen molar-refractivity contribution in [1.82, 2.24) is 9.88 Å². The molecule has 0 saturated heterocycles. The summed E-state index contributed by atoms with van der Waals surface area (Å²) >= 11 is 6.04. The van der Waals surface area contributed by atoms with Gasteiger partial charge in [0, 0.05) is 22.9 Å². The highest BCUT2D eigenvalue weighted by Crippen LogP contribution is 2.30. The molecule has 0 saturated carbocycles. The predicted molar refractivity (Wildman–Crippen MR) is 119 cm³/mol. The molecule has 5 heteroatoms. The Morgan fingerprint density at radius 2 is 1.70 bits per heavy atom. The number of nitrogens with one attached hydrogen (secondary N) is 1. The summed E-state index contributed by atoms with van der Waals surface area (Å²) in [5.41, 5.74) is 4.62. The van der Waals surface area contributed by atoms with E-state index in [1.54, 1.807) is 18.2 Å². The van der Waals surface area contributed by atoms with E-state index in [1.165, 1.54) is 12.1 Å². The van der Waals surface area contributed by atoms with Crippen LogP contribution in [0.5, 0.6) is 0 Å². The highest BCUT2D eigenvalue weighted by molar-refractivity contribution is 6.30. The first-order chi connectivity index (χ1) is 14.5. The lowest BCUT2D eigenvalue weighted by Crippen LogP contribution is -2.23. The monoisotopic (exact) mass is 418 g/mol. The van der Waals surface area contributed by atoms with E-state index in [1.807, 2.05) is 66.1 Å². The van der Waals surface area contributed by atoms with Gasteiger partial charge in [-0.15, -0.1) is 0 Å². The quantitative estimate of drug-likeness (QED) is 0.413. The zero-order valence-electron chi connectivity index (χ0n) is 16.4. The Morgan fingerprint density at radius 3 is 2.40 bits per heavy atom. The number of carbonyl (C=O) groups is 1. The van der Waals surface area contributed by atoms with Crippen LogP contribution in [-0.4, -0.2) is 10.5 Å². The van der Waals surface area contributed by atoms with Crippen LogP contribution in [-0.2, 0) is 6.54 Å². The number of hydrogen-bond acceptors (Lipinski definition) is 1. The minimum Gasteiger partial charge on any atom is -0.348 e. The molecule has 3 nitrogen and oxygen atoms in total. The van der Waals surface area contributed by atoms with Gasteiger partial charge >= 0.3 is 0 Å². The van der Waals surface area contributed by atoms with E-state index in [-0.39, 0.29) is 11.7 Å². The van der Waals surface area contributed by atoms with Gasteiger partial charge in [-0.3, -0.25) is 4.79 Å². The third-order valence-electron chi connectivity index (χ3n) is 4.99. The summed E-state index contributed by atoms with van der Waals surface area (Å²) in [5, 5.41) is 3.60. The molecule has 0 atom stereocenters. The van der Waals surface area contributed by atoms with Crippen LogP contribution in [0, 0.1) is 12.7 Å². The molecule has 0 aliphatic heterocycles. The summed E-state index contributed by atoms with van der Waals surface area (Å²) in [6, 6.07) is 25.3. The van der Waals surface area contributed by atoms with Gasteiger partial charge in [-0.1, -0.05) is 60.1 Å². The first-order valence-electron chi connectivity index (χ1n) is 9.59. The minimum absolute atomic E-state index is 0.179. The van der Waals surface area contributed by atoms with Gasteiger partial charge in [-0.25, -0.2) is 4.39 Å². The van der Waals surface area contributed by atoms with Gasteiger partial charge < -0.3 is 9.88 Å². The number of nitrogens with zero attached hydrogens (tertiary/aromatic N) is 1. The third-order valence-corrected chi connectivity index (χ3v) is 5.25. The fraction of sp³-hybridized carbons (Fsp3) is 0.0800. The Labute approximate surface area is 179 Å². The average Bonchev–Trinajstić information content (AvgIpc) is 3.10. The summed E-state index contributed by atoms with van der Waals surface area (Å²) in [5.74, 6) is -0.514. The van der Waals surface area contributed by atoms with Crippen molar-refractivity contribution in [2.75, 3.05) is 0 Å². The first-order valence-corrected chi connectivity index (χ1v) is 9.97. The molecule has 150 valence electrons. The Bertz CT molecular complexity index is 1180. The molecule has 0 fully saturated rings. The van der Waals surface area contributed by atoms with Crippen LogP contribution in [0.25, 0.3) is 16.9 Å². The van der Waals surface area contributed by atoms with Crippen molar-refractivity contribution in [1.29, 1.82) is 0 Å². The zero-order chi connectivity index (χ0) is 21.1. The van der Waals surface area contributed by atoms with Crippen LogP contribution in [0.15, 0.2) is 84.9 Å². The molecule has 30 heavy (non-hydrogen) atoms. The van der Waals surface area contributed by atoms with E-state index >= 15 is 0 Å². The maximum Gasteiger partial charge on any atom is 0.253 e. The molecule has 0 aliphatic carbocycles. The van der Waals surface area contributed by atoms with Gasteiger partial charge in [0.2, 0.25) is 0 Å². The van der Waals surface area contributed by atoms with Crippen LogP contribution in [0.1, 0.15) is 21.6 Å². The third kappa shape index (κ3) is 4.14. The molecule has 0 radical (unpaired) electrons. The summed E-state index contributed by atoms with van der Waals surface area (Å²) in [6.07, 6.45) is 0. The van der Waals surface area contributed by atoms with E-state index in [9.17, 15) is 9.18 Å². The summed E-state index contributed by atoms with van der Waals surface area (Å²) in [4.78, 5) is 13.0. The molecule has 0 aliphatic rings. The van der Waals surface area contributed by atoms with Gasteiger partial charge in [0.05, 0.1) is 11.3 Å². The normalized spacial score (nSPS) is 10.8. The number of carbonyl (C=O) groups excluding carboxylic acids is 1. The second-order valence-corrected chi connectivity index (χ2v) is 7.46. The number of halogens is 2. The molecule has 3 aromatic carbocycles. The highest BCUT2D eigenvalue weighted by Gasteiger charge is 2.20. The van der Waals surface area contributed by atoms with E-state index in [0.717, 1.165) is 22.5 Å². The molecule has 1 N–H and O–H groups in total. The number of rotatable bonds is 5. The largest absolute Gasteiger partial charge is 0.348 e. The molecule has 1 aromatic heterocycles. The molecular formula is C25H20ClFN2O. The molecule has 1 heterocycles. The molecular weight excluding hydrogens is 399 g/mol. The highest BCUT2D eigenvalue weighted by atomic mass is 35.5. The maximum atomic E-state index is 13.9.